The predicted octanol–water partition coefficient (Wildman–Crippen LogP) is 5.91. The number of hydrogen-bond donors (Lipinski definition) is 2. The van der Waals surface area contributed by atoms with E-state index in [0.29, 0.717) is 15.0 Å². The average molecular weight is 438 g/mol. The van der Waals surface area contributed by atoms with Gasteiger partial charge in [-0.3, -0.25) is 4.79 Å². The molecule has 3 N–H and O–H groups in total. The van der Waals surface area contributed by atoms with Crippen molar-refractivity contribution in [1.82, 2.24) is 4.98 Å². The summed E-state index contributed by atoms with van der Waals surface area (Å²) in [5.74, 6) is 0.218. The average Bonchev–Trinajstić information content (AvgIpc) is 3.03. The van der Waals surface area contributed by atoms with Gasteiger partial charge in [-0.15, -0.1) is 11.3 Å². The molecule has 3 aromatic rings. The number of alkyl halides is 3. The van der Waals surface area contributed by atoms with Gasteiger partial charge in [0.15, 0.2) is 4.34 Å². The molecule has 0 fully saturated rings. The Balaban J connectivity index is 1.68. The Kier molecular flexibility index (Phi) is 6.18. The maximum atomic E-state index is 12.6. The fourth-order valence-electron chi connectivity index (χ4n) is 2.65. The van der Waals surface area contributed by atoms with Crippen LogP contribution in [0.25, 0.3) is 0 Å². The summed E-state index contributed by atoms with van der Waals surface area (Å²) in [6, 6.07) is 10.7. The third kappa shape index (κ3) is 5.10. The van der Waals surface area contributed by atoms with Crippen LogP contribution in [0, 0.1) is 13.8 Å². The second-order valence-electron chi connectivity index (χ2n) is 6.40. The molecule has 2 aromatic carbocycles. The minimum Gasteiger partial charge on any atom is -0.382 e. The van der Waals surface area contributed by atoms with Crippen molar-refractivity contribution in [2.45, 2.75) is 30.1 Å². The van der Waals surface area contributed by atoms with Crippen LogP contribution in [-0.4, -0.2) is 10.9 Å². The van der Waals surface area contributed by atoms with Crippen molar-refractivity contribution in [3.8, 4) is 0 Å². The SMILES string of the molecule is Cc1cccc(C)c1NC(=O)c1sc(SCc2ccc(C(F)(F)F)cc2)nc1N. The quantitative estimate of drug-likeness (QED) is 0.487. The highest BCUT2D eigenvalue weighted by molar-refractivity contribution is 8.00. The van der Waals surface area contributed by atoms with Crippen LogP contribution < -0.4 is 11.1 Å². The molecule has 0 aliphatic carbocycles. The molecule has 4 nitrogen and oxygen atoms in total. The van der Waals surface area contributed by atoms with Crippen LogP contribution in [0.15, 0.2) is 46.8 Å². The number of nitrogen functional groups attached to an aromatic ring is 1. The Bertz CT molecular complexity index is 1010. The van der Waals surface area contributed by atoms with Crippen molar-refractivity contribution in [1.29, 1.82) is 0 Å². The lowest BCUT2D eigenvalue weighted by Gasteiger charge is -2.10. The van der Waals surface area contributed by atoms with Gasteiger partial charge in [-0.2, -0.15) is 13.2 Å². The summed E-state index contributed by atoms with van der Waals surface area (Å²) >= 11 is 2.48. The number of para-hydroxylation sites is 1. The minimum absolute atomic E-state index is 0.133. The summed E-state index contributed by atoms with van der Waals surface area (Å²) in [4.78, 5) is 17.1. The van der Waals surface area contributed by atoms with Crippen LogP contribution in [0.3, 0.4) is 0 Å². The van der Waals surface area contributed by atoms with E-state index in [9.17, 15) is 18.0 Å². The van der Waals surface area contributed by atoms with Gasteiger partial charge in [0.05, 0.1) is 5.56 Å². The zero-order valence-electron chi connectivity index (χ0n) is 15.6. The lowest BCUT2D eigenvalue weighted by molar-refractivity contribution is -0.137. The summed E-state index contributed by atoms with van der Waals surface area (Å²) in [6.45, 7) is 3.81. The van der Waals surface area contributed by atoms with Crippen LogP contribution >= 0.6 is 23.1 Å². The second-order valence-corrected chi connectivity index (χ2v) is 8.62. The summed E-state index contributed by atoms with van der Waals surface area (Å²) in [5.41, 5.74) is 8.57. The van der Waals surface area contributed by atoms with Crippen molar-refractivity contribution in [2.24, 2.45) is 0 Å². The van der Waals surface area contributed by atoms with Crippen LogP contribution in [0.1, 0.15) is 31.9 Å². The van der Waals surface area contributed by atoms with Gasteiger partial charge in [0.1, 0.15) is 10.7 Å². The van der Waals surface area contributed by atoms with Gasteiger partial charge in [0.2, 0.25) is 0 Å². The molecule has 29 heavy (non-hydrogen) atoms. The topological polar surface area (TPSA) is 68.0 Å². The molecule has 152 valence electrons. The van der Waals surface area contributed by atoms with Gasteiger partial charge in [0, 0.05) is 11.4 Å². The molecular weight excluding hydrogens is 419 g/mol. The first-order valence-corrected chi connectivity index (χ1v) is 10.4. The Labute approximate surface area is 174 Å². The normalized spacial score (nSPS) is 11.5. The van der Waals surface area contributed by atoms with Crippen molar-refractivity contribution < 1.29 is 18.0 Å². The number of aryl methyl sites for hydroxylation is 2. The summed E-state index contributed by atoms with van der Waals surface area (Å²) in [7, 11) is 0. The fourth-order valence-corrected chi connectivity index (χ4v) is 4.57. The number of nitrogens with zero attached hydrogens (tertiary/aromatic N) is 1. The van der Waals surface area contributed by atoms with Gasteiger partial charge >= 0.3 is 6.18 Å². The summed E-state index contributed by atoms with van der Waals surface area (Å²) in [6.07, 6.45) is -4.35. The number of benzene rings is 2. The van der Waals surface area contributed by atoms with E-state index in [1.54, 1.807) is 0 Å². The van der Waals surface area contributed by atoms with Gasteiger partial charge < -0.3 is 11.1 Å². The van der Waals surface area contributed by atoms with Crippen LogP contribution in [0.2, 0.25) is 0 Å². The van der Waals surface area contributed by atoms with E-state index in [4.69, 9.17) is 5.73 Å². The lowest BCUT2D eigenvalue weighted by atomic mass is 10.1. The Morgan fingerprint density at radius 1 is 1.14 bits per heavy atom. The molecule has 0 unspecified atom stereocenters. The van der Waals surface area contributed by atoms with E-state index in [2.05, 4.69) is 10.3 Å². The number of carbonyl (C=O) groups is 1. The number of amides is 1. The molecule has 0 spiro atoms. The first kappa shape index (κ1) is 21.2. The number of hydrogen-bond acceptors (Lipinski definition) is 5. The smallest absolute Gasteiger partial charge is 0.382 e. The molecule has 0 aliphatic heterocycles. The first-order chi connectivity index (χ1) is 13.6. The summed E-state index contributed by atoms with van der Waals surface area (Å²) < 4.78 is 38.5. The standard InChI is InChI=1S/C20H18F3N3OS2/c1-11-4-3-5-12(2)15(11)25-18(27)16-17(24)26-19(29-16)28-10-13-6-8-14(9-7-13)20(21,22)23/h3-9H,10,24H2,1-2H3,(H,25,27). The van der Waals surface area contributed by atoms with E-state index in [1.165, 1.54) is 23.9 Å². The zero-order chi connectivity index (χ0) is 21.2. The van der Waals surface area contributed by atoms with E-state index in [1.807, 2.05) is 32.0 Å². The van der Waals surface area contributed by atoms with Gasteiger partial charge in [-0.25, -0.2) is 4.98 Å². The molecule has 0 radical (unpaired) electrons. The predicted molar refractivity (Wildman–Crippen MR) is 111 cm³/mol. The third-order valence-electron chi connectivity index (χ3n) is 4.20. The molecule has 1 amide bonds. The first-order valence-electron chi connectivity index (χ1n) is 8.58. The number of carbonyl (C=O) groups excluding carboxylic acids is 1. The zero-order valence-corrected chi connectivity index (χ0v) is 17.3. The number of aromatic nitrogens is 1. The van der Waals surface area contributed by atoms with Crippen LogP contribution in [0.5, 0.6) is 0 Å². The highest BCUT2D eigenvalue weighted by atomic mass is 32.2. The second kappa shape index (κ2) is 8.46. The Hall–Kier alpha value is -2.52. The molecule has 0 bridgehead atoms. The highest BCUT2D eigenvalue weighted by Gasteiger charge is 2.29. The van der Waals surface area contributed by atoms with Crippen molar-refractivity contribution >= 4 is 40.5 Å². The molecule has 0 saturated carbocycles. The van der Waals surface area contributed by atoms with Gasteiger partial charge in [0.25, 0.3) is 5.91 Å². The van der Waals surface area contributed by atoms with Gasteiger partial charge in [-0.05, 0) is 42.7 Å². The maximum Gasteiger partial charge on any atom is 0.416 e. The molecule has 0 atom stereocenters. The van der Waals surface area contributed by atoms with E-state index in [0.717, 1.165) is 45.8 Å². The van der Waals surface area contributed by atoms with Crippen molar-refractivity contribution in [3.63, 3.8) is 0 Å². The van der Waals surface area contributed by atoms with Crippen molar-refractivity contribution in [2.75, 3.05) is 11.1 Å². The van der Waals surface area contributed by atoms with E-state index >= 15 is 0 Å². The number of nitrogens with one attached hydrogen (secondary N) is 1. The lowest BCUT2D eigenvalue weighted by Crippen LogP contribution is -2.14. The molecule has 1 aromatic heterocycles. The number of nitrogens with two attached hydrogens (primary N) is 1. The van der Waals surface area contributed by atoms with Crippen molar-refractivity contribution in [3.05, 3.63) is 69.6 Å². The molecule has 1 heterocycles. The number of anilines is 2. The van der Waals surface area contributed by atoms with E-state index in [-0.39, 0.29) is 11.7 Å². The Morgan fingerprint density at radius 2 is 1.76 bits per heavy atom. The molecule has 3 rings (SSSR count). The monoisotopic (exact) mass is 437 g/mol. The van der Waals surface area contributed by atoms with E-state index < -0.39 is 11.7 Å². The molecule has 0 saturated heterocycles. The van der Waals surface area contributed by atoms with Gasteiger partial charge in [-0.1, -0.05) is 42.1 Å². The van der Waals surface area contributed by atoms with Crippen LogP contribution in [-0.2, 0) is 11.9 Å². The number of thioether (sulfide) groups is 1. The minimum atomic E-state index is -4.35. The molecular formula is C20H18F3N3OS2. The molecule has 0 aliphatic rings. The third-order valence-corrected chi connectivity index (χ3v) is 6.49. The largest absolute Gasteiger partial charge is 0.416 e. The number of thiazole rings is 1. The number of rotatable bonds is 5. The number of halogens is 3. The molecule has 9 heteroatoms. The maximum absolute atomic E-state index is 12.6. The van der Waals surface area contributed by atoms with Crippen LogP contribution in [0.4, 0.5) is 24.7 Å². The Morgan fingerprint density at radius 3 is 2.34 bits per heavy atom. The highest BCUT2D eigenvalue weighted by Crippen LogP contribution is 2.33. The fraction of sp³-hybridized carbons (Fsp3) is 0.200. The summed E-state index contributed by atoms with van der Waals surface area (Å²) in [5, 5.41) is 2.88.